The molecular formula is C76H116N2O23P+. The number of alkyl carbamates (subject to hydrolysis) is 1. The number of unbranched alkanes of at least 4 members (excludes halogenated alkanes) is 16. The van der Waals surface area contributed by atoms with Gasteiger partial charge in [-0.1, -0.05) is 166 Å². The first-order valence-electron chi connectivity index (χ1n) is 36.6. The summed E-state index contributed by atoms with van der Waals surface area (Å²) in [6, 6.07) is 14.4. The Morgan fingerprint density at radius 3 is 1.77 bits per heavy atom. The van der Waals surface area contributed by atoms with Crippen LogP contribution in [0.3, 0.4) is 0 Å². The maximum atomic E-state index is 15.4. The van der Waals surface area contributed by atoms with Gasteiger partial charge in [0.15, 0.2) is 17.5 Å². The number of phosphoric ester groups is 1. The lowest BCUT2D eigenvalue weighted by molar-refractivity contribution is -0.870. The second kappa shape index (κ2) is 38.2. The van der Waals surface area contributed by atoms with Crippen molar-refractivity contribution >= 4 is 55.5 Å². The Labute approximate surface area is 602 Å². The van der Waals surface area contributed by atoms with Crippen molar-refractivity contribution in [1.29, 1.82) is 0 Å². The number of carbonyl (C=O) groups excluding carboxylic acids is 8. The van der Waals surface area contributed by atoms with Gasteiger partial charge in [0.1, 0.15) is 61.4 Å². The number of nitrogens with one attached hydrogen (secondary N) is 1. The molecule has 3 fully saturated rings. The van der Waals surface area contributed by atoms with Crippen LogP contribution in [-0.4, -0.2) is 186 Å². The Balaban J connectivity index is 1.15. The summed E-state index contributed by atoms with van der Waals surface area (Å²) >= 11 is 0. The number of esters is 6. The maximum Gasteiger partial charge on any atom is 0.472 e. The molecule has 0 spiro atoms. The highest BCUT2D eigenvalue weighted by atomic mass is 31.2. The highest BCUT2D eigenvalue weighted by Crippen LogP contribution is 2.64. The largest absolute Gasteiger partial charge is 0.472 e. The Kier molecular flexibility index (Phi) is 31.8. The van der Waals surface area contributed by atoms with Crippen LogP contribution in [0, 0.1) is 16.7 Å². The van der Waals surface area contributed by atoms with Crippen molar-refractivity contribution in [3.63, 3.8) is 0 Å². The molecule has 2 aromatic carbocycles. The molecule has 25 nitrogen and oxygen atoms in total. The summed E-state index contributed by atoms with van der Waals surface area (Å²) in [5.41, 5.74) is -8.96. The quantitative estimate of drug-likeness (QED) is 0.0103. The fourth-order valence-electron chi connectivity index (χ4n) is 14.5. The molecule has 4 aliphatic rings. The van der Waals surface area contributed by atoms with E-state index in [4.69, 9.17) is 46.9 Å². The Morgan fingerprint density at radius 2 is 1.25 bits per heavy atom. The summed E-state index contributed by atoms with van der Waals surface area (Å²) in [6.07, 6.45) is 3.33. The smallest absolute Gasteiger partial charge is 0.462 e. The maximum absolute atomic E-state index is 15.4. The number of fused-ring (bicyclic) bond motifs is 5. The predicted octanol–water partition coefficient (Wildman–Crippen LogP) is 11.3. The topological polar surface area (TPSA) is 339 Å². The molecule has 1 aliphatic heterocycles. The van der Waals surface area contributed by atoms with Crippen molar-refractivity contribution in [2.75, 3.05) is 54.1 Å². The number of likely N-dealkylation sites (N-methyl/N-ethyl adjacent to an activating group) is 1. The number of carbonyl (C=O) groups is 8. The van der Waals surface area contributed by atoms with Crippen LogP contribution in [-0.2, 0) is 80.3 Å². The van der Waals surface area contributed by atoms with Crippen LogP contribution in [0.25, 0.3) is 0 Å². The molecule has 0 aromatic heterocycles. The van der Waals surface area contributed by atoms with E-state index >= 15 is 9.59 Å². The number of hydrogen-bond donors (Lipinski definition) is 5. The summed E-state index contributed by atoms with van der Waals surface area (Å²) in [5.74, 6) is -7.69. The number of benzene rings is 2. The zero-order chi connectivity index (χ0) is 75.3. The fourth-order valence-corrected chi connectivity index (χ4v) is 15.2. The summed E-state index contributed by atoms with van der Waals surface area (Å²) in [5, 5.41) is 41.4. The average Bonchev–Trinajstić information content (AvgIpc) is 0.670. The molecule has 6 rings (SSSR count). The van der Waals surface area contributed by atoms with E-state index in [9.17, 15) is 53.5 Å². The van der Waals surface area contributed by atoms with Crippen molar-refractivity contribution in [3.8, 4) is 0 Å². The van der Waals surface area contributed by atoms with Crippen molar-refractivity contribution in [2.45, 2.75) is 276 Å². The molecule has 0 radical (unpaired) electrons. The van der Waals surface area contributed by atoms with Crippen molar-refractivity contribution < 1.29 is 115 Å². The summed E-state index contributed by atoms with van der Waals surface area (Å²) < 4.78 is 71.4. The summed E-state index contributed by atoms with van der Waals surface area (Å²) in [4.78, 5) is 123. The van der Waals surface area contributed by atoms with Gasteiger partial charge in [-0.05, 0) is 82.7 Å². The average molecular weight is 1460 g/mol. The molecule has 1 heterocycles. The van der Waals surface area contributed by atoms with Gasteiger partial charge >= 0.3 is 49.7 Å². The molecule has 2 saturated carbocycles. The second-order valence-electron chi connectivity index (χ2n) is 30.7. The third kappa shape index (κ3) is 23.4. The van der Waals surface area contributed by atoms with Crippen LogP contribution in [0.5, 0.6) is 0 Å². The van der Waals surface area contributed by atoms with E-state index in [0.717, 1.165) is 32.6 Å². The fraction of sp³-hybridized carbons (Fsp3) is 0.711. The number of aliphatic hydroxyl groups is 3. The number of nitrogens with zero attached hydrogens (tertiary/aromatic N) is 1. The van der Waals surface area contributed by atoms with E-state index in [1.807, 2.05) is 21.1 Å². The van der Waals surface area contributed by atoms with Gasteiger partial charge in [0, 0.05) is 44.4 Å². The molecule has 102 heavy (non-hydrogen) atoms. The van der Waals surface area contributed by atoms with E-state index in [-0.39, 0.29) is 67.6 Å². The van der Waals surface area contributed by atoms with E-state index in [0.29, 0.717) is 43.1 Å². The molecule has 2 bridgehead atoms. The number of hydrogen-bond acceptors (Lipinski definition) is 22. The van der Waals surface area contributed by atoms with Crippen LogP contribution < -0.4 is 5.32 Å². The monoisotopic (exact) mass is 1460 g/mol. The number of amides is 1. The SMILES string of the molecule is CCCCCCCCCCCCCCCC(=O)OC[C@@H](COP(=O)(O)OCC[N+](C)(C)C)OC(=O)CCCCCCCC(=O)OC(C(=O)OC1C[C@@]2(O)[C@@H](OC(=O)c3ccccc3)[C@@H]3[C@]4(OC(C)=O)CO[C@@H]4C[C@H](O)[C@@]3(C)C(=O)[C@H](O)C(=C1C)C2(C)C)[C@@H](NC(=O)OC(C)(C)C)c1ccccc1. The van der Waals surface area contributed by atoms with Gasteiger partial charge in [-0.2, -0.15) is 0 Å². The van der Waals surface area contributed by atoms with Crippen molar-refractivity contribution in [2.24, 2.45) is 16.7 Å². The second-order valence-corrected chi connectivity index (χ2v) is 32.2. The molecule has 26 heteroatoms. The Bertz CT molecular complexity index is 3190. The minimum atomic E-state index is -4.59. The molecule has 1 amide bonds. The van der Waals surface area contributed by atoms with Gasteiger partial charge in [-0.25, -0.2) is 18.9 Å². The minimum absolute atomic E-state index is 0.0309. The number of ketones is 1. The number of phosphoric acid groups is 1. The van der Waals surface area contributed by atoms with Crippen LogP contribution in [0.15, 0.2) is 71.8 Å². The van der Waals surface area contributed by atoms with E-state index < -0.39 is 157 Å². The van der Waals surface area contributed by atoms with Crippen molar-refractivity contribution in [3.05, 3.63) is 82.9 Å². The van der Waals surface area contributed by atoms with Crippen LogP contribution in [0.1, 0.15) is 232 Å². The van der Waals surface area contributed by atoms with Gasteiger partial charge < -0.3 is 67.9 Å². The standard InChI is InChI=1S/C76H115N2O23P/c1-13-14-15-16-17-18-19-20-21-22-23-25-34-41-59(81)92-48-55(49-95-102(90,91)94-45-44-78(10,11)12)96-60(82)42-35-26-24-27-36-43-61(83)98-65(63(53-37-30-28-31-38-53)77-71(88)101-72(4,5)6)70(87)97-56-47-76(89)68(99-69(86)54-39-32-29-33-40-54)66-74(9,67(85)64(84)62(51(56)2)73(76,7)8)57(80)46-58-75(66,50-93-58)100-52(3)79/h28-33,37-40,55-58,63-66,68,80,84,89H,13-27,34-36,41-50H2,1-12H3,(H-,77,88,90,91)/p+1/t55-,56?,57-,58+,63-,64+,65?,66-,68-,74+,75-,76+/m0/s1. The zero-order valence-corrected chi connectivity index (χ0v) is 63.1. The van der Waals surface area contributed by atoms with Crippen LogP contribution >= 0.6 is 7.82 Å². The van der Waals surface area contributed by atoms with Crippen molar-refractivity contribution in [1.82, 2.24) is 5.32 Å². The number of rotatable bonds is 41. The third-order valence-electron chi connectivity index (χ3n) is 20.2. The summed E-state index contributed by atoms with van der Waals surface area (Å²) in [6.45, 7) is 13.1. The molecule has 3 unspecified atom stereocenters. The first kappa shape index (κ1) is 84.8. The Hall–Kier alpha value is -6.15. The van der Waals surface area contributed by atoms with Gasteiger partial charge in [0.2, 0.25) is 6.10 Å². The number of aliphatic hydroxyl groups excluding tert-OH is 2. The molecule has 13 atom stereocenters. The van der Waals surface area contributed by atoms with Crippen LogP contribution in [0.4, 0.5) is 4.79 Å². The van der Waals surface area contributed by atoms with E-state index in [2.05, 4.69) is 12.2 Å². The zero-order valence-electron chi connectivity index (χ0n) is 62.2. The lowest BCUT2D eigenvalue weighted by atomic mass is 9.44. The third-order valence-corrected chi connectivity index (χ3v) is 21.2. The molecule has 572 valence electrons. The number of Topliss-reactive ketones (excluding diaryl/α,β-unsaturated/α-hetero) is 1. The first-order valence-corrected chi connectivity index (χ1v) is 38.1. The van der Waals surface area contributed by atoms with E-state index in [1.165, 1.54) is 91.2 Å². The van der Waals surface area contributed by atoms with Crippen LogP contribution in [0.2, 0.25) is 0 Å². The molecular weight excluding hydrogens is 1340 g/mol. The lowest BCUT2D eigenvalue weighted by Crippen LogP contribution is -2.81. The normalized spacial score (nSPS) is 25.2. The van der Waals surface area contributed by atoms with Gasteiger partial charge in [-0.3, -0.25) is 33.0 Å². The van der Waals surface area contributed by atoms with Gasteiger partial charge in [0.25, 0.3) is 0 Å². The summed E-state index contributed by atoms with van der Waals surface area (Å²) in [7, 11) is 1.07. The molecule has 2 aromatic rings. The molecule has 3 aliphatic carbocycles. The lowest BCUT2D eigenvalue weighted by Gasteiger charge is -2.67. The van der Waals surface area contributed by atoms with E-state index in [1.54, 1.807) is 69.3 Å². The molecule has 5 N–H and O–H groups in total. The minimum Gasteiger partial charge on any atom is -0.462 e. The number of ether oxygens (including phenoxy) is 8. The highest BCUT2D eigenvalue weighted by molar-refractivity contribution is 7.47. The van der Waals surface area contributed by atoms with Gasteiger partial charge in [-0.15, -0.1) is 0 Å². The van der Waals surface area contributed by atoms with Gasteiger partial charge in [0.05, 0.1) is 57.4 Å². The highest BCUT2D eigenvalue weighted by Gasteiger charge is 2.78. The number of quaternary nitrogens is 1. The predicted molar refractivity (Wildman–Crippen MR) is 376 cm³/mol. The first-order chi connectivity index (χ1) is 48.0. The Morgan fingerprint density at radius 1 is 0.725 bits per heavy atom. The molecule has 1 saturated heterocycles.